The molecule has 0 aliphatic carbocycles. The summed E-state index contributed by atoms with van der Waals surface area (Å²) in [7, 11) is 1.87. The minimum Gasteiger partial charge on any atom is -0.466 e. The number of fused-ring (bicyclic) bond motifs is 1. The summed E-state index contributed by atoms with van der Waals surface area (Å²) in [5.74, 6) is -1.64. The van der Waals surface area contributed by atoms with Gasteiger partial charge in [-0.25, -0.2) is 19.7 Å². The van der Waals surface area contributed by atoms with Crippen molar-refractivity contribution in [3.8, 4) is 0 Å². The molecule has 13 nitrogen and oxygen atoms in total. The number of rotatable bonds is 13. The van der Waals surface area contributed by atoms with Crippen LogP contribution in [0, 0.1) is 0 Å². The van der Waals surface area contributed by atoms with Gasteiger partial charge in [0.25, 0.3) is 5.91 Å². The molecule has 1 aromatic carbocycles. The summed E-state index contributed by atoms with van der Waals surface area (Å²) in [6.07, 6.45) is 3.50. The summed E-state index contributed by atoms with van der Waals surface area (Å²) in [4.78, 5) is 68.0. The van der Waals surface area contributed by atoms with Gasteiger partial charge >= 0.3 is 11.9 Å². The van der Waals surface area contributed by atoms with Gasteiger partial charge in [-0.05, 0) is 50.8 Å². The molecule has 3 aromatic rings. The molecule has 0 radical (unpaired) electrons. The number of amides is 2. The third-order valence-corrected chi connectivity index (χ3v) is 6.37. The zero-order chi connectivity index (χ0) is 29.9. The lowest BCUT2D eigenvalue weighted by atomic mass is 10.1. The van der Waals surface area contributed by atoms with Crippen LogP contribution in [0.3, 0.4) is 0 Å². The van der Waals surface area contributed by atoms with E-state index in [4.69, 9.17) is 9.47 Å². The molecule has 0 aliphatic rings. The number of nitrogens with one attached hydrogen (secondary N) is 2. The number of thioether (sulfide) groups is 1. The van der Waals surface area contributed by atoms with Crippen molar-refractivity contribution < 1.29 is 28.7 Å². The molecule has 0 saturated carbocycles. The summed E-state index contributed by atoms with van der Waals surface area (Å²) >= 11 is 1.37. The highest BCUT2D eigenvalue weighted by molar-refractivity contribution is 7.98. The van der Waals surface area contributed by atoms with Crippen LogP contribution in [0.5, 0.6) is 0 Å². The van der Waals surface area contributed by atoms with Gasteiger partial charge in [0.15, 0.2) is 5.65 Å². The van der Waals surface area contributed by atoms with E-state index in [1.165, 1.54) is 18.7 Å². The molecule has 1 atom stereocenters. The average molecular weight is 584 g/mol. The number of hydrogen-bond donors (Lipinski definition) is 2. The van der Waals surface area contributed by atoms with Crippen molar-refractivity contribution in [3.63, 3.8) is 0 Å². The Bertz CT molecular complexity index is 1400. The molecule has 2 N–H and O–H groups in total. The summed E-state index contributed by atoms with van der Waals surface area (Å²) in [5, 5.41) is 5.82. The standard InChI is InChI=1S/C27H33N7O6S/c1-6-39-21(36)13-12-20(26(38)40-7-2)31-24(37)17-8-10-19(11-9-17)34(4)15-18-14-28-23-22(30-18)25(41-5)33-27(32-23)29-16(3)35/h8-11,14,20H,6-7,12-13,15H2,1-5H3,(H,31,37)(H,28,29,32,33,35). The number of carbonyl (C=O) groups is 4. The predicted molar refractivity (Wildman–Crippen MR) is 154 cm³/mol. The number of hydrogen-bond acceptors (Lipinski definition) is 12. The van der Waals surface area contributed by atoms with Crippen molar-refractivity contribution in [2.24, 2.45) is 0 Å². The van der Waals surface area contributed by atoms with Gasteiger partial charge in [0.1, 0.15) is 16.6 Å². The first-order valence-corrected chi connectivity index (χ1v) is 14.2. The monoisotopic (exact) mass is 583 g/mol. The van der Waals surface area contributed by atoms with Gasteiger partial charge in [0, 0.05) is 31.6 Å². The maximum Gasteiger partial charge on any atom is 0.328 e. The normalized spacial score (nSPS) is 11.4. The summed E-state index contributed by atoms with van der Waals surface area (Å²) in [5.41, 5.74) is 2.73. The van der Waals surface area contributed by atoms with Crippen LogP contribution in [0.1, 0.15) is 49.7 Å². The molecule has 0 bridgehead atoms. The van der Waals surface area contributed by atoms with E-state index in [9.17, 15) is 19.2 Å². The van der Waals surface area contributed by atoms with Gasteiger partial charge in [0.05, 0.1) is 31.6 Å². The van der Waals surface area contributed by atoms with E-state index in [2.05, 4.69) is 30.6 Å². The first-order valence-electron chi connectivity index (χ1n) is 12.9. The van der Waals surface area contributed by atoms with Crippen LogP contribution >= 0.6 is 11.8 Å². The number of benzene rings is 1. The maximum atomic E-state index is 12.9. The van der Waals surface area contributed by atoms with E-state index in [0.29, 0.717) is 34.0 Å². The van der Waals surface area contributed by atoms with Crippen LogP contribution in [0.15, 0.2) is 35.5 Å². The van der Waals surface area contributed by atoms with Gasteiger partial charge in [-0.3, -0.25) is 19.7 Å². The van der Waals surface area contributed by atoms with Crippen LogP contribution in [-0.2, 0) is 30.4 Å². The number of aromatic nitrogens is 4. The van der Waals surface area contributed by atoms with E-state index in [1.54, 1.807) is 44.3 Å². The molecule has 3 rings (SSSR count). The lowest BCUT2D eigenvalue weighted by molar-refractivity contribution is -0.146. The summed E-state index contributed by atoms with van der Waals surface area (Å²) in [6, 6.07) is 5.86. The van der Waals surface area contributed by atoms with Crippen molar-refractivity contribution in [3.05, 3.63) is 41.7 Å². The second-order valence-corrected chi connectivity index (χ2v) is 9.59. The Hall–Kier alpha value is -4.33. The first-order chi connectivity index (χ1) is 19.6. The van der Waals surface area contributed by atoms with Gasteiger partial charge < -0.3 is 19.7 Å². The first kappa shape index (κ1) is 31.2. The lowest BCUT2D eigenvalue weighted by Crippen LogP contribution is -2.42. The Balaban J connectivity index is 1.69. The minimum absolute atomic E-state index is 0.0278. The minimum atomic E-state index is -0.981. The van der Waals surface area contributed by atoms with Gasteiger partial charge in [-0.1, -0.05) is 0 Å². The maximum absolute atomic E-state index is 12.9. The smallest absolute Gasteiger partial charge is 0.328 e. The third kappa shape index (κ3) is 8.83. The van der Waals surface area contributed by atoms with Gasteiger partial charge in [-0.15, -0.1) is 11.8 Å². The number of anilines is 2. The zero-order valence-electron chi connectivity index (χ0n) is 23.6. The fourth-order valence-electron chi connectivity index (χ4n) is 3.78. The molecule has 2 amide bonds. The number of esters is 2. The molecular weight excluding hydrogens is 550 g/mol. The Kier molecular flexibility index (Phi) is 11.3. The highest BCUT2D eigenvalue weighted by atomic mass is 32.2. The predicted octanol–water partition coefficient (Wildman–Crippen LogP) is 2.74. The van der Waals surface area contributed by atoms with E-state index in [0.717, 1.165) is 5.69 Å². The molecule has 0 fully saturated rings. The third-order valence-electron chi connectivity index (χ3n) is 5.69. The highest BCUT2D eigenvalue weighted by Gasteiger charge is 2.24. The number of ether oxygens (including phenoxy) is 2. The molecule has 2 heterocycles. The molecule has 14 heteroatoms. The van der Waals surface area contributed by atoms with Crippen molar-refractivity contribution in [1.82, 2.24) is 25.3 Å². The zero-order valence-corrected chi connectivity index (χ0v) is 24.4. The molecule has 218 valence electrons. The van der Waals surface area contributed by atoms with Gasteiger partial charge in [0.2, 0.25) is 11.9 Å². The molecule has 0 saturated heterocycles. The average Bonchev–Trinajstić information content (AvgIpc) is 2.94. The second kappa shape index (κ2) is 14.9. The summed E-state index contributed by atoms with van der Waals surface area (Å²) in [6.45, 7) is 5.54. The number of carbonyl (C=O) groups excluding carboxylic acids is 4. The molecule has 0 aliphatic heterocycles. The molecule has 41 heavy (non-hydrogen) atoms. The molecule has 0 spiro atoms. The van der Waals surface area contributed by atoms with E-state index >= 15 is 0 Å². The molecular formula is C27H33N7O6S. The Morgan fingerprint density at radius 1 is 1.02 bits per heavy atom. The van der Waals surface area contributed by atoms with E-state index in [1.807, 2.05) is 18.2 Å². The summed E-state index contributed by atoms with van der Waals surface area (Å²) < 4.78 is 9.96. The largest absolute Gasteiger partial charge is 0.466 e. The van der Waals surface area contributed by atoms with Crippen LogP contribution < -0.4 is 15.5 Å². The fourth-order valence-corrected chi connectivity index (χ4v) is 4.29. The molecule has 2 aromatic heterocycles. The van der Waals surface area contributed by atoms with Gasteiger partial charge in [-0.2, -0.15) is 4.98 Å². The quantitative estimate of drug-likeness (QED) is 0.172. The molecule has 1 unspecified atom stereocenters. The van der Waals surface area contributed by atoms with Crippen LogP contribution in [-0.4, -0.2) is 76.2 Å². The lowest BCUT2D eigenvalue weighted by Gasteiger charge is -2.20. The second-order valence-electron chi connectivity index (χ2n) is 8.80. The van der Waals surface area contributed by atoms with Crippen molar-refractivity contribution in [2.75, 3.05) is 36.7 Å². The Morgan fingerprint density at radius 3 is 2.37 bits per heavy atom. The van der Waals surface area contributed by atoms with Crippen molar-refractivity contribution in [1.29, 1.82) is 0 Å². The van der Waals surface area contributed by atoms with E-state index < -0.39 is 23.9 Å². The van der Waals surface area contributed by atoms with Crippen LogP contribution in [0.25, 0.3) is 11.2 Å². The Labute approximate surface area is 241 Å². The fraction of sp³-hybridized carbons (Fsp3) is 0.407. The van der Waals surface area contributed by atoms with Crippen molar-refractivity contribution in [2.45, 2.75) is 51.2 Å². The van der Waals surface area contributed by atoms with Crippen LogP contribution in [0.2, 0.25) is 0 Å². The topological polar surface area (TPSA) is 166 Å². The van der Waals surface area contributed by atoms with E-state index in [-0.39, 0.29) is 37.9 Å². The SMILES string of the molecule is CCOC(=O)CCC(NC(=O)c1ccc(N(C)Cc2cnc3nc(NC(C)=O)nc(SC)c3n2)cc1)C(=O)OCC. The number of nitrogens with zero attached hydrogens (tertiary/aromatic N) is 5. The van der Waals surface area contributed by atoms with Crippen LogP contribution in [0.4, 0.5) is 11.6 Å². The highest BCUT2D eigenvalue weighted by Crippen LogP contribution is 2.23. The van der Waals surface area contributed by atoms with Crippen molar-refractivity contribution >= 4 is 58.3 Å². The Morgan fingerprint density at radius 2 is 1.73 bits per heavy atom.